The standard InChI is InChI=1S/C22H21FN4O/c1-15-19(18-8-4-9-20(23)22(18)26-15)12-21(28)24-13-16-6-2-3-7-17(16)14-27-11-5-10-25-27/h2-11,26H,12-14H2,1H3,(H,24,28). The van der Waals surface area contributed by atoms with Crippen molar-refractivity contribution in [3.8, 4) is 0 Å². The van der Waals surface area contributed by atoms with Crippen molar-refractivity contribution in [1.29, 1.82) is 0 Å². The van der Waals surface area contributed by atoms with Crippen LogP contribution in [-0.2, 0) is 24.3 Å². The molecule has 0 bridgehead atoms. The quantitative estimate of drug-likeness (QED) is 0.539. The van der Waals surface area contributed by atoms with Gasteiger partial charge in [0.2, 0.25) is 5.91 Å². The maximum atomic E-state index is 13.9. The van der Waals surface area contributed by atoms with Crippen molar-refractivity contribution in [2.45, 2.75) is 26.4 Å². The fourth-order valence-corrected chi connectivity index (χ4v) is 3.46. The van der Waals surface area contributed by atoms with Crippen molar-refractivity contribution in [2.75, 3.05) is 0 Å². The van der Waals surface area contributed by atoms with Crippen LogP contribution in [0.4, 0.5) is 4.39 Å². The van der Waals surface area contributed by atoms with Crippen LogP contribution in [0.3, 0.4) is 0 Å². The molecule has 6 heteroatoms. The van der Waals surface area contributed by atoms with Gasteiger partial charge in [0.25, 0.3) is 0 Å². The minimum atomic E-state index is -0.306. The van der Waals surface area contributed by atoms with Crippen molar-refractivity contribution in [3.63, 3.8) is 0 Å². The zero-order valence-electron chi connectivity index (χ0n) is 15.6. The monoisotopic (exact) mass is 376 g/mol. The first-order valence-electron chi connectivity index (χ1n) is 9.18. The van der Waals surface area contributed by atoms with Gasteiger partial charge in [0, 0.05) is 30.0 Å². The summed E-state index contributed by atoms with van der Waals surface area (Å²) in [6, 6.07) is 14.8. The Kier molecular flexibility index (Phi) is 4.93. The van der Waals surface area contributed by atoms with Crippen LogP contribution < -0.4 is 5.32 Å². The highest BCUT2D eigenvalue weighted by Crippen LogP contribution is 2.24. The van der Waals surface area contributed by atoms with Crippen molar-refractivity contribution < 1.29 is 9.18 Å². The van der Waals surface area contributed by atoms with Crippen molar-refractivity contribution in [2.24, 2.45) is 0 Å². The number of nitrogens with one attached hydrogen (secondary N) is 2. The Morgan fingerprint density at radius 3 is 2.75 bits per heavy atom. The summed E-state index contributed by atoms with van der Waals surface area (Å²) in [5.41, 5.74) is 4.25. The summed E-state index contributed by atoms with van der Waals surface area (Å²) in [6.45, 7) is 2.95. The van der Waals surface area contributed by atoms with Gasteiger partial charge in [-0.1, -0.05) is 36.4 Å². The fraction of sp³-hybridized carbons (Fsp3) is 0.182. The molecule has 0 atom stereocenters. The van der Waals surface area contributed by atoms with E-state index in [4.69, 9.17) is 0 Å². The second kappa shape index (κ2) is 7.68. The van der Waals surface area contributed by atoms with Crippen molar-refractivity contribution in [1.82, 2.24) is 20.1 Å². The van der Waals surface area contributed by atoms with E-state index in [9.17, 15) is 9.18 Å². The summed E-state index contributed by atoms with van der Waals surface area (Å²) in [5.74, 6) is -0.401. The van der Waals surface area contributed by atoms with Crippen LogP contribution in [0.25, 0.3) is 10.9 Å². The molecule has 2 aromatic heterocycles. The number of carbonyl (C=O) groups excluding carboxylic acids is 1. The molecule has 0 saturated carbocycles. The number of benzene rings is 2. The second-order valence-electron chi connectivity index (χ2n) is 6.82. The van der Waals surface area contributed by atoms with Gasteiger partial charge >= 0.3 is 0 Å². The third-order valence-electron chi connectivity index (χ3n) is 4.93. The molecule has 0 spiro atoms. The van der Waals surface area contributed by atoms with Gasteiger partial charge < -0.3 is 10.3 Å². The van der Waals surface area contributed by atoms with E-state index in [0.717, 1.165) is 27.8 Å². The van der Waals surface area contributed by atoms with Crippen LogP contribution in [-0.4, -0.2) is 20.7 Å². The lowest BCUT2D eigenvalue weighted by atomic mass is 10.1. The lowest BCUT2D eigenvalue weighted by Crippen LogP contribution is -2.25. The molecule has 28 heavy (non-hydrogen) atoms. The highest BCUT2D eigenvalue weighted by molar-refractivity contribution is 5.90. The molecule has 5 nitrogen and oxygen atoms in total. The molecule has 2 aromatic carbocycles. The van der Waals surface area contributed by atoms with Crippen LogP contribution >= 0.6 is 0 Å². The first-order valence-corrected chi connectivity index (χ1v) is 9.18. The largest absolute Gasteiger partial charge is 0.356 e. The number of hydrogen-bond acceptors (Lipinski definition) is 2. The number of halogens is 1. The first kappa shape index (κ1) is 18.0. The van der Waals surface area contributed by atoms with Gasteiger partial charge in [-0.25, -0.2) is 4.39 Å². The number of fused-ring (bicyclic) bond motifs is 1. The summed E-state index contributed by atoms with van der Waals surface area (Å²) in [5, 5.41) is 7.98. The van der Waals surface area contributed by atoms with Gasteiger partial charge in [-0.3, -0.25) is 9.48 Å². The molecular weight excluding hydrogens is 355 g/mol. The lowest BCUT2D eigenvalue weighted by Gasteiger charge is -2.11. The normalized spacial score (nSPS) is 11.1. The maximum Gasteiger partial charge on any atom is 0.224 e. The van der Waals surface area contributed by atoms with Crippen LogP contribution in [0.1, 0.15) is 22.4 Å². The highest BCUT2D eigenvalue weighted by atomic mass is 19.1. The lowest BCUT2D eigenvalue weighted by molar-refractivity contribution is -0.120. The molecule has 0 aliphatic rings. The van der Waals surface area contributed by atoms with E-state index in [0.29, 0.717) is 18.6 Å². The van der Waals surface area contributed by atoms with E-state index in [1.807, 2.05) is 54.2 Å². The molecule has 0 aliphatic heterocycles. The predicted molar refractivity (Wildman–Crippen MR) is 106 cm³/mol. The Morgan fingerprint density at radius 2 is 1.96 bits per heavy atom. The minimum absolute atomic E-state index is 0.0952. The molecule has 0 fully saturated rings. The van der Waals surface area contributed by atoms with E-state index in [-0.39, 0.29) is 18.1 Å². The summed E-state index contributed by atoms with van der Waals surface area (Å²) in [6.07, 6.45) is 3.86. The summed E-state index contributed by atoms with van der Waals surface area (Å²) >= 11 is 0. The van der Waals surface area contributed by atoms with Crippen LogP contribution in [0.2, 0.25) is 0 Å². The van der Waals surface area contributed by atoms with Gasteiger partial charge in [0.15, 0.2) is 0 Å². The average Bonchev–Trinajstić information content (AvgIpc) is 3.30. The number of amides is 1. The number of aromatic amines is 1. The Morgan fingerprint density at radius 1 is 1.14 bits per heavy atom. The topological polar surface area (TPSA) is 62.7 Å². The minimum Gasteiger partial charge on any atom is -0.356 e. The molecule has 4 rings (SSSR count). The van der Waals surface area contributed by atoms with Gasteiger partial charge in [-0.15, -0.1) is 0 Å². The smallest absolute Gasteiger partial charge is 0.224 e. The average molecular weight is 376 g/mol. The number of para-hydroxylation sites is 1. The van der Waals surface area contributed by atoms with E-state index in [2.05, 4.69) is 15.4 Å². The number of rotatable bonds is 6. The van der Waals surface area contributed by atoms with Crippen LogP contribution in [0, 0.1) is 12.7 Å². The third kappa shape index (κ3) is 3.67. The van der Waals surface area contributed by atoms with Gasteiger partial charge in [-0.2, -0.15) is 5.10 Å². The van der Waals surface area contributed by atoms with Gasteiger partial charge in [0.05, 0.1) is 18.5 Å². The first-order chi connectivity index (χ1) is 13.6. The van der Waals surface area contributed by atoms with Crippen LogP contribution in [0.15, 0.2) is 60.9 Å². The predicted octanol–water partition coefficient (Wildman–Crippen LogP) is 3.72. The second-order valence-corrected chi connectivity index (χ2v) is 6.82. The summed E-state index contributed by atoms with van der Waals surface area (Å²) < 4.78 is 15.8. The van der Waals surface area contributed by atoms with Gasteiger partial charge in [-0.05, 0) is 35.7 Å². The molecule has 4 aromatic rings. The molecule has 0 saturated heterocycles. The molecule has 2 heterocycles. The zero-order valence-corrected chi connectivity index (χ0v) is 15.6. The molecule has 0 unspecified atom stereocenters. The summed E-state index contributed by atoms with van der Waals surface area (Å²) in [4.78, 5) is 15.6. The van der Waals surface area contributed by atoms with Crippen molar-refractivity contribution >= 4 is 16.8 Å². The Labute approximate surface area is 162 Å². The van der Waals surface area contributed by atoms with Crippen molar-refractivity contribution in [3.05, 3.63) is 89.1 Å². The van der Waals surface area contributed by atoms with E-state index in [1.54, 1.807) is 12.3 Å². The number of aromatic nitrogens is 3. The molecule has 2 N–H and O–H groups in total. The Hall–Kier alpha value is -3.41. The molecule has 1 amide bonds. The van der Waals surface area contributed by atoms with E-state index >= 15 is 0 Å². The number of aryl methyl sites for hydroxylation is 1. The third-order valence-corrected chi connectivity index (χ3v) is 4.93. The summed E-state index contributed by atoms with van der Waals surface area (Å²) in [7, 11) is 0. The number of carbonyl (C=O) groups is 1. The number of nitrogens with zero attached hydrogens (tertiary/aromatic N) is 2. The van der Waals surface area contributed by atoms with Gasteiger partial charge in [0.1, 0.15) is 5.82 Å². The Bertz CT molecular complexity index is 1110. The molecule has 0 aliphatic carbocycles. The van der Waals surface area contributed by atoms with E-state index in [1.165, 1.54) is 6.07 Å². The molecular formula is C22H21FN4O. The highest BCUT2D eigenvalue weighted by Gasteiger charge is 2.14. The maximum absolute atomic E-state index is 13.9. The molecule has 142 valence electrons. The number of H-pyrrole nitrogens is 1. The molecule has 0 radical (unpaired) electrons. The fourth-order valence-electron chi connectivity index (χ4n) is 3.46. The SMILES string of the molecule is Cc1[nH]c2c(F)cccc2c1CC(=O)NCc1ccccc1Cn1cccn1. The van der Waals surface area contributed by atoms with Crippen LogP contribution in [0.5, 0.6) is 0 Å². The zero-order chi connectivity index (χ0) is 19.5. The van der Waals surface area contributed by atoms with E-state index < -0.39 is 0 Å². The number of hydrogen-bond donors (Lipinski definition) is 2. The Balaban J connectivity index is 1.46.